The molecule has 2 spiro atoms. The van der Waals surface area contributed by atoms with E-state index in [1.165, 1.54) is 139 Å². The van der Waals surface area contributed by atoms with Gasteiger partial charge in [-0.2, -0.15) is 0 Å². The van der Waals surface area contributed by atoms with Gasteiger partial charge in [-0.3, -0.25) is 0 Å². The summed E-state index contributed by atoms with van der Waals surface area (Å²) in [6, 6.07) is 120. The zero-order valence-electron chi connectivity index (χ0n) is 54.8. The molecule has 98 heavy (non-hydrogen) atoms. The summed E-state index contributed by atoms with van der Waals surface area (Å²) in [4.78, 5) is 4.89. The van der Waals surface area contributed by atoms with Gasteiger partial charge in [-0.15, -0.1) is 0 Å². The predicted octanol–water partition coefficient (Wildman–Crippen LogP) is 24.6. The number of fused-ring (bicyclic) bond motifs is 26. The summed E-state index contributed by atoms with van der Waals surface area (Å²) in [6.45, 7) is 9.44. The van der Waals surface area contributed by atoms with Gasteiger partial charge in [0.1, 0.15) is 0 Å². The second-order valence-electron chi connectivity index (χ2n) is 27.6. The fraction of sp³-hybridized carbons (Fsp3) is 0.0870. The van der Waals surface area contributed by atoms with Crippen LogP contribution in [-0.4, -0.2) is 7.64 Å². The van der Waals surface area contributed by atoms with Crippen LogP contribution in [0.15, 0.2) is 330 Å². The normalized spacial score (nSPS) is 14.6. The summed E-state index contributed by atoms with van der Waals surface area (Å²) < 4.78 is 3.76. The molecule has 0 saturated heterocycles. The molecule has 6 aliphatic carbocycles. The maximum atomic E-state index is 4.34. The van der Waals surface area contributed by atoms with Crippen molar-refractivity contribution in [2.45, 2.75) is 49.4 Å². The quantitative estimate of drug-likeness (QED) is 0.132. The van der Waals surface area contributed by atoms with Gasteiger partial charge in [0.05, 0.1) is 10.8 Å². The Morgan fingerprint density at radius 3 is 0.745 bits per heavy atom. The average molecular weight is 1340 g/mol. The number of hydrogen-bond acceptors (Lipinski definition) is 4. The Kier molecular flexibility index (Phi) is 13.9. The minimum atomic E-state index is -0.387. The zero-order chi connectivity index (χ0) is 66.2. The van der Waals surface area contributed by atoms with Crippen LogP contribution in [0.4, 0.5) is 34.1 Å². The molecular formula is C92H66BBrN3S. The van der Waals surface area contributed by atoms with Gasteiger partial charge in [0.15, 0.2) is 0 Å². The van der Waals surface area contributed by atoms with Gasteiger partial charge in [-0.05, 0) is 218 Å². The molecule has 0 amide bonds. The third kappa shape index (κ3) is 8.50. The van der Waals surface area contributed by atoms with E-state index in [-0.39, 0.29) is 21.7 Å². The molecule has 6 aliphatic rings. The van der Waals surface area contributed by atoms with Crippen LogP contribution in [-0.2, 0) is 21.7 Å². The molecule has 0 heterocycles. The van der Waals surface area contributed by atoms with E-state index in [1.54, 1.807) is 0 Å². The van der Waals surface area contributed by atoms with E-state index in [2.05, 4.69) is 400 Å². The molecule has 0 aliphatic heterocycles. The molecule has 14 aromatic carbocycles. The van der Waals surface area contributed by atoms with E-state index in [4.69, 9.17) is 0 Å². The molecule has 0 fully saturated rings. The summed E-state index contributed by atoms with van der Waals surface area (Å²) in [5.41, 5.74) is 38.3. The zero-order valence-corrected chi connectivity index (χ0v) is 57.3. The SMILES string of the molecule is CC1(C)c2ccccc2-c2ccc(N(c3ccc(Br)cc3)c3ccc4c(c3)C3(c5ccccc5-c5ccccc53)c3ccccc3-4)cc21.CC1(C)c2ccccc2-c2ccc(N(c3ccccc3)c3ccc4c(c3)C3(c5ccccc5-c5ccccc53)c3ccccc3-4)cc21.[B]=NS. The Hall–Kier alpha value is -10.6. The van der Waals surface area contributed by atoms with Crippen molar-refractivity contribution < 1.29 is 0 Å². The molecule has 0 saturated carbocycles. The van der Waals surface area contributed by atoms with Gasteiger partial charge in [-0.1, -0.05) is 280 Å². The standard InChI is InChI=1S/C46H32BrN.C46H33N.BHNS/c1-45(2)39-15-7-3-11-33(39)37-25-23-31(27-43(37)45)48(30-21-19-29(47)20-22-30)32-24-26-38-36-14-6-10-18-42(36)46(44(38)28-32)40-16-8-4-12-34(40)35-13-5-9-17-41(35)46;1-45(2)39-20-10-6-16-33(39)37-26-24-31(28-43(37)45)47(30-14-4-3-5-15-30)32-25-27-38-36-19-9-13-23-42(36)46(44(38)29-32)40-21-11-7-17-34(40)35-18-8-12-22-41(35)46;1-2-3/h3-28H,1-2H3;3-29H,1-2H3;3H. The van der Waals surface area contributed by atoms with Crippen LogP contribution in [0.25, 0.3) is 66.8 Å². The monoisotopic (exact) mass is 1330 g/mol. The molecular weight excluding hydrogens is 1270 g/mol. The summed E-state index contributed by atoms with van der Waals surface area (Å²) in [6.07, 6.45) is 0. The summed E-state index contributed by atoms with van der Waals surface area (Å²) in [7, 11) is 4.34. The number of benzene rings is 14. The molecule has 0 unspecified atom stereocenters. The first-order chi connectivity index (χ1) is 48.0. The van der Waals surface area contributed by atoms with Gasteiger partial charge in [-0.25, -0.2) is 0 Å². The Labute approximate surface area is 589 Å². The molecule has 20 rings (SSSR count). The first-order valence-corrected chi connectivity index (χ1v) is 35.0. The van der Waals surface area contributed by atoms with Crippen LogP contribution in [0.3, 0.4) is 0 Å². The van der Waals surface area contributed by atoms with Crippen LogP contribution >= 0.6 is 28.7 Å². The van der Waals surface area contributed by atoms with Crippen molar-refractivity contribution in [2.75, 3.05) is 9.80 Å². The Balaban J connectivity index is 0.000000137. The number of hydrogen-bond donors (Lipinski definition) is 1. The molecule has 0 bridgehead atoms. The van der Waals surface area contributed by atoms with Crippen molar-refractivity contribution >= 4 is 70.5 Å². The van der Waals surface area contributed by atoms with E-state index < -0.39 is 0 Å². The maximum absolute atomic E-state index is 4.34. The van der Waals surface area contributed by atoms with Crippen molar-refractivity contribution in [1.82, 2.24) is 0 Å². The Morgan fingerprint density at radius 1 is 0.245 bits per heavy atom. The number of rotatable bonds is 6. The molecule has 0 atom stereocenters. The molecule has 14 aromatic rings. The average Bonchev–Trinajstić information content (AvgIpc) is 1.52. The van der Waals surface area contributed by atoms with Crippen LogP contribution in [0.1, 0.15) is 94.5 Å². The molecule has 6 heteroatoms. The number of halogens is 1. The van der Waals surface area contributed by atoms with Gasteiger partial charge in [0.25, 0.3) is 0 Å². The first-order valence-electron chi connectivity index (χ1n) is 33.8. The van der Waals surface area contributed by atoms with Crippen LogP contribution < -0.4 is 9.80 Å². The fourth-order valence-electron chi connectivity index (χ4n) is 18.2. The Morgan fingerprint density at radius 2 is 0.449 bits per heavy atom. The van der Waals surface area contributed by atoms with Gasteiger partial charge < -0.3 is 9.80 Å². The first kappa shape index (κ1) is 59.8. The summed E-state index contributed by atoms with van der Waals surface area (Å²) in [5, 5.41) is 0. The molecule has 3 nitrogen and oxygen atoms in total. The number of para-hydroxylation sites is 1. The number of nitrogens with zero attached hydrogens (tertiary/aromatic N) is 3. The Bertz CT molecular complexity index is 5490. The van der Waals surface area contributed by atoms with E-state index in [1.807, 2.05) is 0 Å². The number of thiol groups is 1. The van der Waals surface area contributed by atoms with E-state index >= 15 is 0 Å². The second kappa shape index (κ2) is 22.7. The fourth-order valence-corrected chi connectivity index (χ4v) is 18.4. The molecule has 0 N–H and O–H groups in total. The third-order valence-electron chi connectivity index (χ3n) is 22.2. The van der Waals surface area contributed by atoms with E-state index in [0.717, 1.165) is 32.9 Å². The van der Waals surface area contributed by atoms with E-state index in [0.29, 0.717) is 0 Å². The predicted molar refractivity (Wildman–Crippen MR) is 415 cm³/mol. The van der Waals surface area contributed by atoms with Gasteiger partial charge >= 0.3 is 24.8 Å². The van der Waals surface area contributed by atoms with Crippen molar-refractivity contribution in [3.05, 3.63) is 393 Å². The second-order valence-corrected chi connectivity index (χ2v) is 28.8. The number of anilines is 6. The molecule has 1 radical (unpaired) electrons. The van der Waals surface area contributed by atoms with Crippen molar-refractivity contribution in [3.8, 4) is 66.8 Å². The van der Waals surface area contributed by atoms with Crippen molar-refractivity contribution in [3.63, 3.8) is 0 Å². The topological polar surface area (TPSA) is 18.8 Å². The van der Waals surface area contributed by atoms with Crippen molar-refractivity contribution in [1.29, 1.82) is 0 Å². The van der Waals surface area contributed by atoms with Crippen molar-refractivity contribution in [2.24, 2.45) is 4.30 Å². The molecule has 465 valence electrons. The van der Waals surface area contributed by atoms with Crippen LogP contribution in [0.5, 0.6) is 0 Å². The minimum absolute atomic E-state index is 0.0782. The van der Waals surface area contributed by atoms with Crippen LogP contribution in [0.2, 0.25) is 0 Å². The molecule has 0 aromatic heterocycles. The van der Waals surface area contributed by atoms with Gasteiger partial charge in [0, 0.05) is 49.4 Å². The van der Waals surface area contributed by atoms with E-state index in [9.17, 15) is 0 Å². The third-order valence-corrected chi connectivity index (χ3v) is 22.8. The summed E-state index contributed by atoms with van der Waals surface area (Å²) in [5.74, 6) is 0. The summed E-state index contributed by atoms with van der Waals surface area (Å²) >= 11 is 6.88. The van der Waals surface area contributed by atoms with Gasteiger partial charge in [0.2, 0.25) is 0 Å². The van der Waals surface area contributed by atoms with Crippen LogP contribution in [0, 0.1) is 0 Å².